The van der Waals surface area contributed by atoms with Gasteiger partial charge in [0.15, 0.2) is 17.3 Å². The lowest BCUT2D eigenvalue weighted by Crippen LogP contribution is -2.05. The Labute approximate surface area is 148 Å². The quantitative estimate of drug-likeness (QED) is 0.855. The fraction of sp³-hybridized carbons (Fsp3) is 0.0526. The number of amides is 1. The lowest BCUT2D eigenvalue weighted by atomic mass is 10.1. The number of halogens is 1. The standard InChI is InChI=1S/C19H12ClNO4/c20-12-3-5-14-15(19(23)21-16(14)8-12)9-13(22)4-1-11-2-6-17-18(7-11)25-10-24-17/h1-9H,10H2,(H,21,23). The van der Waals surface area contributed by atoms with Crippen molar-refractivity contribution >= 4 is 40.6 Å². The van der Waals surface area contributed by atoms with Gasteiger partial charge in [0.25, 0.3) is 5.91 Å². The van der Waals surface area contributed by atoms with Gasteiger partial charge in [-0.15, -0.1) is 0 Å². The molecular formula is C19H12ClNO4. The molecule has 5 nitrogen and oxygen atoms in total. The predicted octanol–water partition coefficient (Wildman–Crippen LogP) is 3.69. The van der Waals surface area contributed by atoms with Crippen LogP contribution in [-0.2, 0) is 9.59 Å². The molecule has 0 aliphatic carbocycles. The molecule has 2 aliphatic heterocycles. The molecule has 0 aromatic heterocycles. The van der Waals surface area contributed by atoms with E-state index in [1.54, 1.807) is 36.4 Å². The number of ether oxygens (including phenoxy) is 2. The van der Waals surface area contributed by atoms with Crippen molar-refractivity contribution in [1.82, 2.24) is 0 Å². The van der Waals surface area contributed by atoms with Crippen molar-refractivity contribution in [3.8, 4) is 11.5 Å². The highest BCUT2D eigenvalue weighted by molar-refractivity contribution is 6.36. The summed E-state index contributed by atoms with van der Waals surface area (Å²) in [5, 5.41) is 3.22. The molecule has 0 saturated carbocycles. The third-order valence-electron chi connectivity index (χ3n) is 3.89. The molecule has 1 N–H and O–H groups in total. The lowest BCUT2D eigenvalue weighted by Gasteiger charge is -1.98. The Balaban J connectivity index is 1.56. The van der Waals surface area contributed by atoms with Crippen LogP contribution >= 0.6 is 11.6 Å². The third-order valence-corrected chi connectivity index (χ3v) is 4.12. The third kappa shape index (κ3) is 3.02. The smallest absolute Gasteiger partial charge is 0.256 e. The summed E-state index contributed by atoms with van der Waals surface area (Å²) >= 11 is 5.91. The molecule has 2 heterocycles. The zero-order chi connectivity index (χ0) is 17.4. The fourth-order valence-electron chi connectivity index (χ4n) is 2.70. The zero-order valence-electron chi connectivity index (χ0n) is 12.9. The van der Waals surface area contributed by atoms with Gasteiger partial charge in [0.05, 0.1) is 11.3 Å². The summed E-state index contributed by atoms with van der Waals surface area (Å²) in [5.74, 6) is 0.727. The first-order valence-electron chi connectivity index (χ1n) is 7.55. The average Bonchev–Trinajstić information content (AvgIpc) is 3.17. The van der Waals surface area contributed by atoms with Gasteiger partial charge in [-0.3, -0.25) is 9.59 Å². The Morgan fingerprint density at radius 3 is 2.84 bits per heavy atom. The van der Waals surface area contributed by atoms with Crippen molar-refractivity contribution in [2.45, 2.75) is 0 Å². The minimum Gasteiger partial charge on any atom is -0.454 e. The molecule has 0 atom stereocenters. The van der Waals surface area contributed by atoms with E-state index >= 15 is 0 Å². The van der Waals surface area contributed by atoms with E-state index in [-0.39, 0.29) is 18.5 Å². The number of anilines is 1. The Kier molecular flexibility index (Phi) is 3.78. The number of nitrogens with one attached hydrogen (secondary N) is 1. The normalized spacial score (nSPS) is 16.4. The molecule has 124 valence electrons. The first-order chi connectivity index (χ1) is 12.1. The van der Waals surface area contributed by atoms with Crippen molar-refractivity contribution < 1.29 is 19.1 Å². The predicted molar refractivity (Wildman–Crippen MR) is 94.7 cm³/mol. The summed E-state index contributed by atoms with van der Waals surface area (Å²) in [6.45, 7) is 0.200. The van der Waals surface area contributed by atoms with Crippen LogP contribution in [0.2, 0.25) is 5.02 Å². The second-order valence-electron chi connectivity index (χ2n) is 5.55. The second kappa shape index (κ2) is 6.11. The molecule has 0 bridgehead atoms. The van der Waals surface area contributed by atoms with Crippen molar-refractivity contribution in [2.75, 3.05) is 12.1 Å². The van der Waals surface area contributed by atoms with Crippen LogP contribution in [-0.4, -0.2) is 18.5 Å². The van der Waals surface area contributed by atoms with Gasteiger partial charge in [-0.05, 0) is 42.0 Å². The van der Waals surface area contributed by atoms with Gasteiger partial charge < -0.3 is 14.8 Å². The molecule has 0 fully saturated rings. The molecular weight excluding hydrogens is 342 g/mol. The summed E-state index contributed by atoms with van der Waals surface area (Å²) < 4.78 is 10.5. The highest BCUT2D eigenvalue weighted by Gasteiger charge is 2.24. The second-order valence-corrected chi connectivity index (χ2v) is 5.99. The Bertz CT molecular complexity index is 962. The summed E-state index contributed by atoms with van der Waals surface area (Å²) in [6, 6.07) is 10.5. The fourth-order valence-corrected chi connectivity index (χ4v) is 2.87. The number of carbonyl (C=O) groups is 2. The molecule has 0 unspecified atom stereocenters. The van der Waals surface area contributed by atoms with Gasteiger partial charge in [0.1, 0.15) is 0 Å². The molecule has 25 heavy (non-hydrogen) atoms. The molecule has 6 heteroatoms. The Hall–Kier alpha value is -3.05. The lowest BCUT2D eigenvalue weighted by molar-refractivity contribution is -0.112. The Morgan fingerprint density at radius 1 is 1.12 bits per heavy atom. The average molecular weight is 354 g/mol. The summed E-state index contributed by atoms with van der Waals surface area (Å²) in [5.41, 5.74) is 2.40. The summed E-state index contributed by atoms with van der Waals surface area (Å²) in [7, 11) is 0. The van der Waals surface area contributed by atoms with Crippen LogP contribution < -0.4 is 14.8 Å². The molecule has 0 radical (unpaired) electrons. The minimum absolute atomic E-state index is 0.200. The monoisotopic (exact) mass is 353 g/mol. The van der Waals surface area contributed by atoms with Gasteiger partial charge in [-0.2, -0.15) is 0 Å². The van der Waals surface area contributed by atoms with E-state index in [2.05, 4.69) is 5.32 Å². The van der Waals surface area contributed by atoms with Crippen LogP contribution in [0.15, 0.2) is 48.6 Å². The molecule has 2 aliphatic rings. The van der Waals surface area contributed by atoms with Crippen molar-refractivity contribution in [3.63, 3.8) is 0 Å². The number of hydrogen-bond acceptors (Lipinski definition) is 4. The molecule has 1 amide bonds. The van der Waals surface area contributed by atoms with Crippen LogP contribution in [0.1, 0.15) is 11.1 Å². The van der Waals surface area contributed by atoms with Crippen LogP contribution in [0.3, 0.4) is 0 Å². The van der Waals surface area contributed by atoms with Gasteiger partial charge in [0, 0.05) is 10.6 Å². The van der Waals surface area contributed by atoms with Crippen molar-refractivity contribution in [1.29, 1.82) is 0 Å². The number of rotatable bonds is 3. The highest BCUT2D eigenvalue weighted by Crippen LogP contribution is 2.34. The number of hydrogen-bond donors (Lipinski definition) is 1. The number of ketones is 1. The van der Waals surface area contributed by atoms with E-state index in [1.807, 2.05) is 6.07 Å². The maximum Gasteiger partial charge on any atom is 0.256 e. The number of allylic oxidation sites excluding steroid dienone is 2. The molecule has 2 aromatic rings. The SMILES string of the molecule is O=C(C=Cc1ccc2c(c1)OCO2)C=C1C(=O)Nc2cc(Cl)ccc21. The molecule has 0 saturated heterocycles. The van der Waals surface area contributed by atoms with E-state index in [0.29, 0.717) is 33.3 Å². The maximum atomic E-state index is 12.2. The number of benzene rings is 2. The number of carbonyl (C=O) groups excluding carboxylic acids is 2. The van der Waals surface area contributed by atoms with Crippen LogP contribution in [0.25, 0.3) is 11.6 Å². The van der Waals surface area contributed by atoms with E-state index in [1.165, 1.54) is 12.2 Å². The first-order valence-corrected chi connectivity index (χ1v) is 7.92. The van der Waals surface area contributed by atoms with E-state index in [4.69, 9.17) is 21.1 Å². The molecule has 4 rings (SSSR count). The van der Waals surface area contributed by atoms with Crippen LogP contribution in [0.4, 0.5) is 5.69 Å². The topological polar surface area (TPSA) is 64.6 Å². The van der Waals surface area contributed by atoms with Gasteiger partial charge >= 0.3 is 0 Å². The highest BCUT2D eigenvalue weighted by atomic mass is 35.5. The van der Waals surface area contributed by atoms with Crippen molar-refractivity contribution in [2.24, 2.45) is 0 Å². The van der Waals surface area contributed by atoms with Crippen LogP contribution in [0, 0.1) is 0 Å². The van der Waals surface area contributed by atoms with E-state index in [0.717, 1.165) is 5.56 Å². The Morgan fingerprint density at radius 2 is 1.96 bits per heavy atom. The van der Waals surface area contributed by atoms with Gasteiger partial charge in [0.2, 0.25) is 6.79 Å². The van der Waals surface area contributed by atoms with Crippen LogP contribution in [0.5, 0.6) is 11.5 Å². The summed E-state index contributed by atoms with van der Waals surface area (Å²) in [6.07, 6.45) is 4.39. The van der Waals surface area contributed by atoms with Gasteiger partial charge in [-0.1, -0.05) is 29.8 Å². The van der Waals surface area contributed by atoms with E-state index < -0.39 is 0 Å². The van der Waals surface area contributed by atoms with Gasteiger partial charge in [-0.25, -0.2) is 0 Å². The molecule has 2 aromatic carbocycles. The van der Waals surface area contributed by atoms with E-state index in [9.17, 15) is 9.59 Å². The maximum absolute atomic E-state index is 12.2. The minimum atomic E-state index is -0.318. The zero-order valence-corrected chi connectivity index (χ0v) is 13.7. The molecule has 0 spiro atoms. The largest absolute Gasteiger partial charge is 0.454 e. The number of fused-ring (bicyclic) bond motifs is 2. The first kappa shape index (κ1) is 15.5. The van der Waals surface area contributed by atoms with Crippen molar-refractivity contribution in [3.05, 3.63) is 64.7 Å². The summed E-state index contributed by atoms with van der Waals surface area (Å²) in [4.78, 5) is 24.3.